The number of pyridine rings is 1. The summed E-state index contributed by atoms with van der Waals surface area (Å²) in [6.45, 7) is 4.60. The number of benzene rings is 2. The number of esters is 1. The number of thiazole rings is 1. The molecule has 2 amide bonds. The van der Waals surface area contributed by atoms with Gasteiger partial charge in [-0.3, -0.25) is 9.59 Å². The van der Waals surface area contributed by atoms with E-state index in [2.05, 4.69) is 22.8 Å². The van der Waals surface area contributed by atoms with Crippen LogP contribution < -0.4 is 20.3 Å². The topological polar surface area (TPSA) is 170 Å². The van der Waals surface area contributed by atoms with Crippen LogP contribution in [0.2, 0.25) is 5.02 Å². The number of hydrogen-bond donors (Lipinski definition) is 2. The van der Waals surface area contributed by atoms with Crippen LogP contribution in [0.15, 0.2) is 58.9 Å². The Morgan fingerprint density at radius 1 is 1.02 bits per heavy atom. The number of halogens is 1. The third-order valence-corrected chi connectivity index (χ3v) is 9.92. The summed E-state index contributed by atoms with van der Waals surface area (Å²) in [6.07, 6.45) is 1.03. The molecule has 0 bridgehead atoms. The zero-order valence-corrected chi connectivity index (χ0v) is 30.3. The first-order chi connectivity index (χ1) is 24.7. The molecule has 0 unspecified atom stereocenters. The summed E-state index contributed by atoms with van der Waals surface area (Å²) in [5.74, 6) is 0.297. The number of anilines is 1. The minimum absolute atomic E-state index is 0.0421. The molecule has 2 aromatic carbocycles. The highest BCUT2D eigenvalue weighted by atomic mass is 35.5. The third-order valence-electron chi connectivity index (χ3n) is 7.72. The summed E-state index contributed by atoms with van der Waals surface area (Å²) in [5, 5.41) is 29.8. The molecule has 12 nitrogen and oxygen atoms in total. The van der Waals surface area contributed by atoms with Gasteiger partial charge in [0.1, 0.15) is 58.6 Å². The average molecular weight is 744 g/mol. The van der Waals surface area contributed by atoms with Crippen molar-refractivity contribution in [1.29, 1.82) is 10.5 Å². The zero-order chi connectivity index (χ0) is 36.3. The summed E-state index contributed by atoms with van der Waals surface area (Å²) in [5.41, 5.74) is 3.64. The van der Waals surface area contributed by atoms with Gasteiger partial charge in [0.25, 0.3) is 0 Å². The molecule has 51 heavy (non-hydrogen) atoms. The SMILES string of the molecule is CC(=O)NCCC(=O)N[C@@H](C)C(=O)OCCOc1ccc(-c2c(C#N)c(SCc3csc(-c4ccc(Cl)cc4)n3)nc(N3CCC3)c2C#N)cc1. The quantitative estimate of drug-likeness (QED) is 0.0867. The van der Waals surface area contributed by atoms with E-state index in [0.29, 0.717) is 49.6 Å². The van der Waals surface area contributed by atoms with Crippen LogP contribution in [-0.4, -0.2) is 66.6 Å². The molecule has 1 aliphatic rings. The molecule has 262 valence electrons. The molecule has 4 aromatic rings. The van der Waals surface area contributed by atoms with Gasteiger partial charge in [-0.2, -0.15) is 10.5 Å². The molecule has 1 atom stereocenters. The normalized spacial score (nSPS) is 12.5. The summed E-state index contributed by atoms with van der Waals surface area (Å²) < 4.78 is 11.0. The molecular weight excluding hydrogens is 710 g/mol. The maximum Gasteiger partial charge on any atom is 0.328 e. The van der Waals surface area contributed by atoms with E-state index in [0.717, 1.165) is 35.8 Å². The Hall–Kier alpha value is -5.15. The number of nitrogens with one attached hydrogen (secondary N) is 2. The number of carbonyl (C=O) groups is 3. The van der Waals surface area contributed by atoms with Gasteiger partial charge in [-0.25, -0.2) is 14.8 Å². The Kier molecular flexibility index (Phi) is 12.9. The highest BCUT2D eigenvalue weighted by molar-refractivity contribution is 7.98. The van der Waals surface area contributed by atoms with Crippen molar-refractivity contribution < 1.29 is 23.9 Å². The molecule has 2 aromatic heterocycles. The van der Waals surface area contributed by atoms with E-state index in [-0.39, 0.29) is 38.0 Å². The largest absolute Gasteiger partial charge is 0.490 e. The summed E-state index contributed by atoms with van der Waals surface area (Å²) in [7, 11) is 0. The molecule has 0 aliphatic carbocycles. The molecule has 2 N–H and O–H groups in total. The van der Waals surface area contributed by atoms with Crippen LogP contribution in [0.4, 0.5) is 5.82 Å². The van der Waals surface area contributed by atoms with Crippen molar-refractivity contribution in [2.45, 2.75) is 43.5 Å². The maximum absolute atomic E-state index is 12.3. The van der Waals surface area contributed by atoms with Crippen molar-refractivity contribution in [2.24, 2.45) is 0 Å². The van der Waals surface area contributed by atoms with E-state index in [4.69, 9.17) is 31.0 Å². The van der Waals surface area contributed by atoms with E-state index in [1.54, 1.807) is 24.3 Å². The molecule has 1 aliphatic heterocycles. The first-order valence-electron chi connectivity index (χ1n) is 16.1. The van der Waals surface area contributed by atoms with Gasteiger partial charge in [-0.1, -0.05) is 47.6 Å². The van der Waals surface area contributed by atoms with Gasteiger partial charge in [-0.05, 0) is 43.2 Å². The van der Waals surface area contributed by atoms with Crippen molar-refractivity contribution in [2.75, 3.05) is 37.7 Å². The second-order valence-corrected chi connectivity index (χ2v) is 13.7. The van der Waals surface area contributed by atoms with E-state index in [1.165, 1.54) is 36.9 Å². The Bertz CT molecular complexity index is 1970. The first kappa shape index (κ1) is 37.1. The van der Waals surface area contributed by atoms with Crippen molar-refractivity contribution in [3.05, 3.63) is 75.8 Å². The highest BCUT2D eigenvalue weighted by Crippen LogP contribution is 2.40. The zero-order valence-electron chi connectivity index (χ0n) is 27.9. The molecule has 0 saturated carbocycles. The number of hydrogen-bond acceptors (Lipinski definition) is 12. The third kappa shape index (κ3) is 9.76. The summed E-state index contributed by atoms with van der Waals surface area (Å²) in [6, 6.07) is 18.3. The van der Waals surface area contributed by atoms with Crippen LogP contribution in [0.25, 0.3) is 21.7 Å². The highest BCUT2D eigenvalue weighted by Gasteiger charge is 2.27. The molecule has 5 rings (SSSR count). The molecule has 0 radical (unpaired) electrons. The Labute approximate surface area is 308 Å². The van der Waals surface area contributed by atoms with Gasteiger partial charge in [0, 0.05) is 60.3 Å². The molecular formula is C36H34ClN7O5S2. The fourth-order valence-electron chi connectivity index (χ4n) is 5.02. The maximum atomic E-state index is 12.3. The summed E-state index contributed by atoms with van der Waals surface area (Å²) >= 11 is 8.98. The predicted molar refractivity (Wildman–Crippen MR) is 195 cm³/mol. The number of ether oxygens (including phenoxy) is 2. The smallest absolute Gasteiger partial charge is 0.328 e. The van der Waals surface area contributed by atoms with Crippen LogP contribution in [0, 0.1) is 22.7 Å². The van der Waals surface area contributed by atoms with Crippen LogP contribution >= 0.6 is 34.7 Å². The number of thioether (sulfide) groups is 1. The van der Waals surface area contributed by atoms with Crippen LogP contribution in [-0.2, 0) is 24.9 Å². The summed E-state index contributed by atoms with van der Waals surface area (Å²) in [4.78, 5) is 46.8. The van der Waals surface area contributed by atoms with E-state index < -0.39 is 12.0 Å². The van der Waals surface area contributed by atoms with Gasteiger partial charge < -0.3 is 25.0 Å². The van der Waals surface area contributed by atoms with Gasteiger partial charge in [0.05, 0.1) is 11.3 Å². The van der Waals surface area contributed by atoms with E-state index >= 15 is 0 Å². The Morgan fingerprint density at radius 3 is 2.37 bits per heavy atom. The van der Waals surface area contributed by atoms with Gasteiger partial charge in [0.15, 0.2) is 0 Å². The Balaban J connectivity index is 1.25. The number of carbonyl (C=O) groups excluding carboxylic acids is 3. The van der Waals surface area contributed by atoms with Crippen LogP contribution in [0.1, 0.15) is 43.5 Å². The number of nitriles is 2. The number of rotatable bonds is 15. The molecule has 15 heteroatoms. The number of nitrogens with zero attached hydrogens (tertiary/aromatic N) is 5. The van der Waals surface area contributed by atoms with Gasteiger partial charge in [-0.15, -0.1) is 11.3 Å². The number of aromatic nitrogens is 2. The van der Waals surface area contributed by atoms with Crippen molar-refractivity contribution in [3.63, 3.8) is 0 Å². The molecule has 0 spiro atoms. The van der Waals surface area contributed by atoms with Crippen molar-refractivity contribution in [1.82, 2.24) is 20.6 Å². The fraction of sp³-hybridized carbons (Fsp3) is 0.306. The standard InChI is InChI=1S/C36H34ClN7O5S2/c1-22(41-31(46)12-13-40-23(2)45)36(47)49-17-16-48-28-10-6-24(7-11-28)32-29(18-38)33(44-14-3-15-44)43-35(30(32)19-39)51-21-27-20-50-34(42-27)25-4-8-26(37)9-5-25/h4-11,20,22H,3,12-17,21H2,1-2H3,(H,40,45)(H,41,46)/t22-/m0/s1. The molecule has 1 saturated heterocycles. The molecule has 1 fully saturated rings. The number of amides is 2. The second kappa shape index (κ2) is 17.7. The lowest BCUT2D eigenvalue weighted by Crippen LogP contribution is -2.41. The monoisotopic (exact) mass is 743 g/mol. The second-order valence-electron chi connectivity index (χ2n) is 11.4. The van der Waals surface area contributed by atoms with E-state index in [9.17, 15) is 24.9 Å². The van der Waals surface area contributed by atoms with Gasteiger partial charge >= 0.3 is 5.97 Å². The van der Waals surface area contributed by atoms with Crippen LogP contribution in [0.5, 0.6) is 5.75 Å². The average Bonchev–Trinajstić information content (AvgIpc) is 3.57. The lowest BCUT2D eigenvalue weighted by Gasteiger charge is -2.33. The lowest BCUT2D eigenvalue weighted by atomic mass is 9.96. The minimum Gasteiger partial charge on any atom is -0.490 e. The minimum atomic E-state index is -0.865. The Morgan fingerprint density at radius 2 is 1.73 bits per heavy atom. The van der Waals surface area contributed by atoms with Crippen LogP contribution in [0.3, 0.4) is 0 Å². The van der Waals surface area contributed by atoms with Crippen molar-refractivity contribution in [3.8, 4) is 39.6 Å². The fourth-order valence-corrected chi connectivity index (χ4v) is 6.95. The van der Waals surface area contributed by atoms with E-state index in [1.807, 2.05) is 34.5 Å². The molecule has 3 heterocycles. The predicted octanol–water partition coefficient (Wildman–Crippen LogP) is 5.72. The van der Waals surface area contributed by atoms with Crippen molar-refractivity contribution >= 4 is 58.3 Å². The lowest BCUT2D eigenvalue weighted by molar-refractivity contribution is -0.148. The first-order valence-corrected chi connectivity index (χ1v) is 18.3. The van der Waals surface area contributed by atoms with Gasteiger partial charge in [0.2, 0.25) is 11.8 Å².